The highest BCUT2D eigenvalue weighted by molar-refractivity contribution is 4.49. The molecule has 0 radical (unpaired) electrons. The Morgan fingerprint density at radius 2 is 0.871 bits per heavy atom. The van der Waals surface area contributed by atoms with E-state index in [9.17, 15) is 0 Å². The Morgan fingerprint density at radius 1 is 0.516 bits per heavy atom. The molecule has 0 bridgehead atoms. The van der Waals surface area contributed by atoms with Crippen molar-refractivity contribution in [3.63, 3.8) is 0 Å². The lowest BCUT2D eigenvalue weighted by atomic mass is 10.4. The summed E-state index contributed by atoms with van der Waals surface area (Å²) in [7, 11) is 0. The first-order chi connectivity index (χ1) is 14.4. The van der Waals surface area contributed by atoms with Gasteiger partial charge < -0.3 is 49.6 Å². The molecule has 0 saturated carbocycles. The predicted octanol–water partition coefficient (Wildman–Crippen LogP) is 1.09. The van der Waals surface area contributed by atoms with Crippen molar-refractivity contribution in [2.45, 2.75) is 118 Å². The molecule has 7 unspecified atom stereocenters. The first-order valence-corrected chi connectivity index (χ1v) is 11.0. The van der Waals surface area contributed by atoms with Gasteiger partial charge in [-0.15, -0.1) is 0 Å². The zero-order chi connectivity index (χ0) is 24.8. The number of aliphatic hydroxyl groups is 6. The first kappa shape index (κ1) is 35.2. The van der Waals surface area contributed by atoms with Gasteiger partial charge in [0.05, 0.1) is 38.1 Å². The van der Waals surface area contributed by atoms with Crippen LogP contribution >= 0.6 is 0 Å². The quantitative estimate of drug-likeness (QED) is 0.195. The van der Waals surface area contributed by atoms with E-state index in [1.165, 1.54) is 0 Å². The zero-order valence-electron chi connectivity index (χ0n) is 20.3. The standard InChI is InChI=1S/C9H20O4.2C6H14O3/c1-4-8(10)12-6-7(3)13-9(11)5-2;1-5(7)3-9-4-6(2)8;1-3-5(7)9-6(8)4-2/h7-11H,4-6H2,1-3H3;2*5-8H,3-4H2,1-2H3. The minimum Gasteiger partial charge on any atom is -0.391 e. The van der Waals surface area contributed by atoms with E-state index in [-0.39, 0.29) is 6.10 Å². The van der Waals surface area contributed by atoms with Crippen LogP contribution in [0.2, 0.25) is 0 Å². The van der Waals surface area contributed by atoms with Gasteiger partial charge in [-0.1, -0.05) is 27.7 Å². The van der Waals surface area contributed by atoms with Crippen LogP contribution in [0.1, 0.15) is 74.1 Å². The summed E-state index contributed by atoms with van der Waals surface area (Å²) in [6, 6.07) is 0. The van der Waals surface area contributed by atoms with Crippen LogP contribution in [0.5, 0.6) is 0 Å². The summed E-state index contributed by atoms with van der Waals surface area (Å²) in [5, 5.41) is 53.0. The largest absolute Gasteiger partial charge is 0.391 e. The van der Waals surface area contributed by atoms with Crippen molar-refractivity contribution >= 4 is 0 Å². The molecule has 0 saturated heterocycles. The van der Waals surface area contributed by atoms with Crippen LogP contribution in [-0.4, -0.2) is 93.9 Å². The average molecular weight is 461 g/mol. The number of hydrogen-bond donors (Lipinski definition) is 6. The molecule has 0 aliphatic heterocycles. The molecule has 0 aromatic heterocycles. The summed E-state index contributed by atoms with van der Waals surface area (Å²) in [5.41, 5.74) is 0. The van der Waals surface area contributed by atoms with E-state index in [2.05, 4.69) is 4.74 Å². The van der Waals surface area contributed by atoms with Crippen molar-refractivity contribution in [2.75, 3.05) is 19.8 Å². The molecule has 0 aliphatic carbocycles. The SMILES string of the molecule is CC(O)COCC(C)O.CCC(O)OC(O)CC.CCC(O)OCC(C)OC(O)CC. The van der Waals surface area contributed by atoms with Crippen molar-refractivity contribution in [1.82, 2.24) is 0 Å². The Kier molecular flexibility index (Phi) is 27.5. The third-order valence-corrected chi connectivity index (χ3v) is 3.34. The molecule has 0 amide bonds. The number of rotatable bonds is 15. The highest BCUT2D eigenvalue weighted by atomic mass is 16.7. The summed E-state index contributed by atoms with van der Waals surface area (Å²) in [5.74, 6) is 0. The molecule has 0 aromatic carbocycles. The molecule has 10 heteroatoms. The van der Waals surface area contributed by atoms with Crippen molar-refractivity contribution in [3.05, 3.63) is 0 Å². The second kappa shape index (κ2) is 24.2. The van der Waals surface area contributed by atoms with Gasteiger partial charge in [0.25, 0.3) is 0 Å². The molecule has 0 aliphatic rings. The number of hydrogen-bond acceptors (Lipinski definition) is 10. The molecule has 0 rings (SSSR count). The van der Waals surface area contributed by atoms with E-state index in [1.54, 1.807) is 34.6 Å². The lowest BCUT2D eigenvalue weighted by Crippen LogP contribution is -2.25. The van der Waals surface area contributed by atoms with E-state index in [1.807, 2.05) is 13.8 Å². The van der Waals surface area contributed by atoms with Gasteiger partial charge in [-0.05, 0) is 46.5 Å². The monoisotopic (exact) mass is 460 g/mol. The number of aliphatic hydroxyl groups excluding tert-OH is 6. The predicted molar refractivity (Wildman–Crippen MR) is 117 cm³/mol. The maximum Gasteiger partial charge on any atom is 0.157 e. The van der Waals surface area contributed by atoms with E-state index < -0.39 is 37.4 Å². The third kappa shape index (κ3) is 31.9. The van der Waals surface area contributed by atoms with Crippen LogP contribution in [-0.2, 0) is 18.9 Å². The normalized spacial score (nSPS) is 17.7. The zero-order valence-corrected chi connectivity index (χ0v) is 20.3. The lowest BCUT2D eigenvalue weighted by Gasteiger charge is -2.18. The fourth-order valence-electron chi connectivity index (χ4n) is 1.55. The molecule has 7 atom stereocenters. The van der Waals surface area contributed by atoms with Gasteiger partial charge in [-0.2, -0.15) is 0 Å². The molecule has 10 nitrogen and oxygen atoms in total. The lowest BCUT2D eigenvalue weighted by molar-refractivity contribution is -0.208. The van der Waals surface area contributed by atoms with Crippen LogP contribution in [0.25, 0.3) is 0 Å². The van der Waals surface area contributed by atoms with E-state index in [0.29, 0.717) is 45.5 Å². The number of ether oxygens (including phenoxy) is 4. The second-order valence-corrected chi connectivity index (χ2v) is 7.10. The van der Waals surface area contributed by atoms with Crippen LogP contribution < -0.4 is 0 Å². The Labute approximate surface area is 187 Å². The van der Waals surface area contributed by atoms with Gasteiger partial charge in [0, 0.05) is 0 Å². The molecule has 6 N–H and O–H groups in total. The summed E-state index contributed by atoms with van der Waals surface area (Å²) in [6.07, 6.45) is -2.05. The van der Waals surface area contributed by atoms with Gasteiger partial charge in [-0.25, -0.2) is 0 Å². The highest BCUT2D eigenvalue weighted by Gasteiger charge is 2.10. The molecule has 0 heterocycles. The Balaban J connectivity index is -0.000000390. The third-order valence-electron chi connectivity index (χ3n) is 3.34. The average Bonchev–Trinajstić information content (AvgIpc) is 2.71. The molecular weight excluding hydrogens is 412 g/mol. The molecule has 31 heavy (non-hydrogen) atoms. The van der Waals surface area contributed by atoms with Gasteiger partial charge in [0.15, 0.2) is 25.2 Å². The van der Waals surface area contributed by atoms with E-state index in [0.717, 1.165) is 0 Å². The topological polar surface area (TPSA) is 158 Å². The summed E-state index contributed by atoms with van der Waals surface area (Å²) in [6.45, 7) is 13.2. The van der Waals surface area contributed by atoms with Crippen molar-refractivity contribution in [1.29, 1.82) is 0 Å². The van der Waals surface area contributed by atoms with Gasteiger partial charge in [0.1, 0.15) is 0 Å². The second-order valence-electron chi connectivity index (χ2n) is 7.10. The van der Waals surface area contributed by atoms with Gasteiger partial charge >= 0.3 is 0 Å². The van der Waals surface area contributed by atoms with Crippen LogP contribution in [0, 0.1) is 0 Å². The molecular formula is C21H48O10. The van der Waals surface area contributed by atoms with E-state index >= 15 is 0 Å². The van der Waals surface area contributed by atoms with Crippen LogP contribution in [0.15, 0.2) is 0 Å². The smallest absolute Gasteiger partial charge is 0.157 e. The van der Waals surface area contributed by atoms with Gasteiger partial charge in [0.2, 0.25) is 0 Å². The fourth-order valence-corrected chi connectivity index (χ4v) is 1.55. The van der Waals surface area contributed by atoms with Crippen LogP contribution in [0.4, 0.5) is 0 Å². The Bertz CT molecular complexity index is 328. The molecule has 0 aromatic rings. The van der Waals surface area contributed by atoms with Crippen LogP contribution in [0.3, 0.4) is 0 Å². The van der Waals surface area contributed by atoms with Crippen molar-refractivity contribution < 1.29 is 49.6 Å². The Morgan fingerprint density at radius 3 is 1.19 bits per heavy atom. The minimum absolute atomic E-state index is 0.198. The van der Waals surface area contributed by atoms with Crippen molar-refractivity contribution in [2.24, 2.45) is 0 Å². The Hall–Kier alpha value is -0.400. The van der Waals surface area contributed by atoms with Gasteiger partial charge in [-0.3, -0.25) is 0 Å². The molecule has 0 fully saturated rings. The fraction of sp³-hybridized carbons (Fsp3) is 1.00. The molecule has 0 spiro atoms. The first-order valence-electron chi connectivity index (χ1n) is 11.0. The van der Waals surface area contributed by atoms with Crippen molar-refractivity contribution in [3.8, 4) is 0 Å². The summed E-state index contributed by atoms with van der Waals surface area (Å²) in [4.78, 5) is 0. The summed E-state index contributed by atoms with van der Waals surface area (Å²) < 4.78 is 19.6. The minimum atomic E-state index is -0.819. The maximum absolute atomic E-state index is 9.11. The highest BCUT2D eigenvalue weighted by Crippen LogP contribution is 2.02. The maximum atomic E-state index is 9.11. The summed E-state index contributed by atoms with van der Waals surface area (Å²) >= 11 is 0. The molecule has 192 valence electrons. The van der Waals surface area contributed by atoms with E-state index in [4.69, 9.17) is 44.8 Å².